The minimum Gasteiger partial charge on any atom is -0.508 e. The molecule has 114 valence electrons. The first-order valence-electron chi connectivity index (χ1n) is 7.36. The number of hydrogen-bond donors (Lipinski definition) is 2. The van der Waals surface area contributed by atoms with Crippen LogP contribution in [0.4, 0.5) is 0 Å². The third-order valence-electron chi connectivity index (χ3n) is 3.36. The topological polar surface area (TPSA) is 65.2 Å². The van der Waals surface area contributed by atoms with Gasteiger partial charge in [0.25, 0.3) is 0 Å². The fourth-order valence-corrected chi connectivity index (χ4v) is 2.09. The van der Waals surface area contributed by atoms with Crippen LogP contribution in [0.5, 0.6) is 11.5 Å². The van der Waals surface area contributed by atoms with Crippen LogP contribution in [0.1, 0.15) is 37.8 Å². The molecule has 0 radical (unpaired) electrons. The van der Waals surface area contributed by atoms with E-state index in [1.807, 2.05) is 38.1 Å². The maximum Gasteiger partial charge on any atom is 0.115 e. The lowest BCUT2D eigenvalue weighted by molar-refractivity contribution is 0.474. The van der Waals surface area contributed by atoms with Crippen LogP contribution in [0.3, 0.4) is 0 Å². The first-order chi connectivity index (χ1) is 10.6. The molecule has 2 N–H and O–H groups in total. The molecule has 4 heteroatoms. The highest BCUT2D eigenvalue weighted by Crippen LogP contribution is 2.14. The van der Waals surface area contributed by atoms with Crippen LogP contribution in [0.15, 0.2) is 58.7 Å². The van der Waals surface area contributed by atoms with Crippen molar-refractivity contribution in [3.63, 3.8) is 0 Å². The molecule has 2 aromatic rings. The van der Waals surface area contributed by atoms with Gasteiger partial charge in [0, 0.05) is 0 Å². The monoisotopic (exact) mass is 296 g/mol. The van der Waals surface area contributed by atoms with Crippen molar-refractivity contribution < 1.29 is 10.2 Å². The van der Waals surface area contributed by atoms with Gasteiger partial charge in [-0.2, -0.15) is 10.2 Å². The molecule has 0 aliphatic heterocycles. The molecule has 0 aromatic heterocycles. The zero-order valence-corrected chi connectivity index (χ0v) is 12.8. The van der Waals surface area contributed by atoms with E-state index in [2.05, 4.69) is 10.2 Å². The molecule has 0 fully saturated rings. The van der Waals surface area contributed by atoms with E-state index in [0.717, 1.165) is 35.4 Å². The maximum absolute atomic E-state index is 9.35. The molecular weight excluding hydrogens is 276 g/mol. The van der Waals surface area contributed by atoms with Crippen LogP contribution in [0.25, 0.3) is 0 Å². The number of rotatable bonds is 5. The molecular formula is C18H20N2O2. The fourth-order valence-electron chi connectivity index (χ4n) is 2.09. The first kappa shape index (κ1) is 15.8. The summed E-state index contributed by atoms with van der Waals surface area (Å²) in [6.07, 6.45) is 1.50. The Labute approximate surface area is 130 Å². The summed E-state index contributed by atoms with van der Waals surface area (Å²) >= 11 is 0. The molecule has 4 nitrogen and oxygen atoms in total. The van der Waals surface area contributed by atoms with Crippen LogP contribution < -0.4 is 0 Å². The molecule has 0 amide bonds. The number of phenols is 2. The molecule has 0 aliphatic carbocycles. The summed E-state index contributed by atoms with van der Waals surface area (Å²) in [6, 6.07) is 13.9. The van der Waals surface area contributed by atoms with Gasteiger partial charge in [0.1, 0.15) is 11.5 Å². The molecule has 22 heavy (non-hydrogen) atoms. The van der Waals surface area contributed by atoms with Crippen molar-refractivity contribution in [2.24, 2.45) is 10.2 Å². The second kappa shape index (κ2) is 7.41. The molecule has 0 saturated heterocycles. The van der Waals surface area contributed by atoms with Crippen LogP contribution in [-0.2, 0) is 0 Å². The average molecular weight is 296 g/mol. The molecule has 0 atom stereocenters. The van der Waals surface area contributed by atoms with Gasteiger partial charge in [0.05, 0.1) is 11.4 Å². The van der Waals surface area contributed by atoms with E-state index >= 15 is 0 Å². The van der Waals surface area contributed by atoms with Gasteiger partial charge in [-0.25, -0.2) is 0 Å². The smallest absolute Gasteiger partial charge is 0.115 e. The molecule has 0 saturated carbocycles. The largest absolute Gasteiger partial charge is 0.508 e. The maximum atomic E-state index is 9.35. The van der Waals surface area contributed by atoms with Crippen molar-refractivity contribution in [1.82, 2.24) is 0 Å². The minimum atomic E-state index is 0.237. The fraction of sp³-hybridized carbons (Fsp3) is 0.222. The predicted octanol–water partition coefficient (Wildman–Crippen LogP) is 4.11. The van der Waals surface area contributed by atoms with E-state index in [-0.39, 0.29) is 11.5 Å². The zero-order chi connectivity index (χ0) is 15.9. The van der Waals surface area contributed by atoms with Crippen LogP contribution in [0.2, 0.25) is 0 Å². The van der Waals surface area contributed by atoms with E-state index in [4.69, 9.17) is 0 Å². The van der Waals surface area contributed by atoms with Crippen molar-refractivity contribution in [2.45, 2.75) is 26.7 Å². The van der Waals surface area contributed by atoms with Gasteiger partial charge < -0.3 is 10.2 Å². The van der Waals surface area contributed by atoms with Gasteiger partial charge in [-0.05, 0) is 72.5 Å². The molecule has 0 aliphatic rings. The van der Waals surface area contributed by atoms with Crippen molar-refractivity contribution in [3.05, 3.63) is 59.7 Å². The predicted molar refractivity (Wildman–Crippen MR) is 89.9 cm³/mol. The highest BCUT2D eigenvalue weighted by Gasteiger charge is 2.04. The molecule has 2 aromatic carbocycles. The van der Waals surface area contributed by atoms with E-state index < -0.39 is 0 Å². The summed E-state index contributed by atoms with van der Waals surface area (Å²) in [4.78, 5) is 0. The van der Waals surface area contributed by atoms with E-state index in [9.17, 15) is 10.2 Å². The molecule has 0 heterocycles. The van der Waals surface area contributed by atoms with Crippen molar-refractivity contribution >= 4 is 11.4 Å². The number of aromatic hydroxyl groups is 2. The van der Waals surface area contributed by atoms with E-state index in [0.29, 0.717) is 0 Å². The Hall–Kier alpha value is -2.62. The summed E-state index contributed by atoms with van der Waals surface area (Å²) in [6.45, 7) is 4.04. The second-order valence-electron chi connectivity index (χ2n) is 4.89. The zero-order valence-electron chi connectivity index (χ0n) is 12.8. The SMILES string of the molecule is CC/C(=N/N=C(\CC)c1ccc(O)cc1)c1ccc(O)cc1. The van der Waals surface area contributed by atoms with Crippen molar-refractivity contribution in [2.75, 3.05) is 0 Å². The highest BCUT2D eigenvalue weighted by molar-refractivity contribution is 6.03. The first-order valence-corrected chi connectivity index (χ1v) is 7.36. The summed E-state index contributed by atoms with van der Waals surface area (Å²) in [5.74, 6) is 0.474. The van der Waals surface area contributed by atoms with E-state index in [1.165, 1.54) is 0 Å². The number of benzene rings is 2. The third kappa shape index (κ3) is 3.95. The van der Waals surface area contributed by atoms with Crippen molar-refractivity contribution in [1.29, 1.82) is 0 Å². The molecule has 0 spiro atoms. The Balaban J connectivity index is 2.31. The van der Waals surface area contributed by atoms with Gasteiger partial charge in [0.2, 0.25) is 0 Å². The highest BCUT2D eigenvalue weighted by atomic mass is 16.3. The van der Waals surface area contributed by atoms with Gasteiger partial charge >= 0.3 is 0 Å². The van der Waals surface area contributed by atoms with Gasteiger partial charge in [0.15, 0.2) is 0 Å². The third-order valence-corrected chi connectivity index (χ3v) is 3.36. The summed E-state index contributed by atoms with van der Waals surface area (Å²) < 4.78 is 0. The minimum absolute atomic E-state index is 0.237. The van der Waals surface area contributed by atoms with Crippen molar-refractivity contribution in [3.8, 4) is 11.5 Å². The Kier molecular flexibility index (Phi) is 5.31. The van der Waals surface area contributed by atoms with E-state index in [1.54, 1.807) is 24.3 Å². The lowest BCUT2D eigenvalue weighted by atomic mass is 10.1. The average Bonchev–Trinajstić information content (AvgIpc) is 2.54. The quantitative estimate of drug-likeness (QED) is 0.644. The normalized spacial score (nSPS) is 12.5. The lowest BCUT2D eigenvalue weighted by Gasteiger charge is -2.05. The molecule has 0 bridgehead atoms. The Morgan fingerprint density at radius 1 is 0.682 bits per heavy atom. The second-order valence-corrected chi connectivity index (χ2v) is 4.89. The lowest BCUT2D eigenvalue weighted by Crippen LogP contribution is -2.01. The molecule has 0 unspecified atom stereocenters. The summed E-state index contributed by atoms with van der Waals surface area (Å²) in [5.41, 5.74) is 3.63. The standard InChI is InChI=1S/C18H20N2O2/c1-3-17(13-5-9-15(21)10-6-13)19-20-18(4-2)14-7-11-16(22)12-8-14/h5-12,21-22H,3-4H2,1-2H3/b19-17-,20-18+. The van der Waals surface area contributed by atoms with Gasteiger partial charge in [-0.15, -0.1) is 0 Å². The van der Waals surface area contributed by atoms with Crippen LogP contribution in [-0.4, -0.2) is 21.6 Å². The van der Waals surface area contributed by atoms with Crippen LogP contribution in [0, 0.1) is 0 Å². The van der Waals surface area contributed by atoms with Crippen LogP contribution >= 0.6 is 0 Å². The number of nitrogens with zero attached hydrogens (tertiary/aromatic N) is 2. The Bertz CT molecular complexity index is 610. The van der Waals surface area contributed by atoms with Gasteiger partial charge in [-0.1, -0.05) is 13.8 Å². The number of phenolic OH excluding ortho intramolecular Hbond substituents is 2. The Morgan fingerprint density at radius 3 is 1.27 bits per heavy atom. The Morgan fingerprint density at radius 2 is 1.00 bits per heavy atom. The number of hydrogen-bond acceptors (Lipinski definition) is 4. The molecule has 2 rings (SSSR count). The summed E-state index contributed by atoms with van der Waals surface area (Å²) in [5, 5.41) is 27.4. The summed E-state index contributed by atoms with van der Waals surface area (Å²) in [7, 11) is 0. The van der Waals surface area contributed by atoms with Gasteiger partial charge in [-0.3, -0.25) is 0 Å².